The number of rotatable bonds is 12. The molecule has 0 aliphatic carbocycles. The van der Waals surface area contributed by atoms with E-state index in [9.17, 15) is 9.90 Å². The maximum atomic E-state index is 14.1. The lowest BCUT2D eigenvalue weighted by molar-refractivity contribution is 0.281. The van der Waals surface area contributed by atoms with Gasteiger partial charge in [-0.05, 0) is 51.1 Å². The first kappa shape index (κ1) is 28.1. The Labute approximate surface area is 240 Å². The molecule has 2 heterocycles. The number of aromatic nitrogens is 6. The molecule has 0 unspecified atom stereocenters. The van der Waals surface area contributed by atoms with Crippen LogP contribution in [0, 0.1) is 0 Å². The van der Waals surface area contributed by atoms with Crippen molar-refractivity contribution >= 4 is 0 Å². The summed E-state index contributed by atoms with van der Waals surface area (Å²) in [6, 6.07) is 24.1. The number of nitrogens with one attached hydrogen (secondary N) is 1. The van der Waals surface area contributed by atoms with E-state index in [1.807, 2.05) is 47.0 Å². The lowest BCUT2D eigenvalue weighted by Crippen LogP contribution is -2.31. The van der Waals surface area contributed by atoms with Gasteiger partial charge in [-0.1, -0.05) is 99.5 Å². The number of aryl methyl sites for hydroxylation is 2. The molecule has 0 bridgehead atoms. The first-order valence-corrected chi connectivity index (χ1v) is 14.3. The zero-order valence-corrected chi connectivity index (χ0v) is 23.7. The Morgan fingerprint density at radius 2 is 1.63 bits per heavy atom. The molecule has 0 aliphatic heterocycles. The van der Waals surface area contributed by atoms with Crippen LogP contribution in [0.2, 0.25) is 0 Å². The van der Waals surface area contributed by atoms with E-state index in [4.69, 9.17) is 4.98 Å². The zero-order valence-electron chi connectivity index (χ0n) is 23.7. The maximum absolute atomic E-state index is 14.1. The van der Waals surface area contributed by atoms with E-state index < -0.39 is 0 Å². The predicted octanol–water partition coefficient (Wildman–Crippen LogP) is 5.52. The normalized spacial score (nSPS) is 11.2. The summed E-state index contributed by atoms with van der Waals surface area (Å²) in [4.78, 5) is 19.2. The van der Waals surface area contributed by atoms with Crippen LogP contribution >= 0.6 is 0 Å². The third kappa shape index (κ3) is 6.49. The molecule has 0 radical (unpaired) electrons. The first-order chi connectivity index (χ1) is 20.1. The lowest BCUT2D eigenvalue weighted by Gasteiger charge is -2.18. The van der Waals surface area contributed by atoms with Crippen molar-refractivity contribution in [1.82, 2.24) is 30.2 Å². The second kappa shape index (κ2) is 13.3. The van der Waals surface area contributed by atoms with Gasteiger partial charge in [-0.25, -0.2) is 10.1 Å². The van der Waals surface area contributed by atoms with Crippen molar-refractivity contribution in [2.45, 2.75) is 65.5 Å². The highest BCUT2D eigenvalue weighted by molar-refractivity contribution is 5.80. The molecule has 8 heteroatoms. The van der Waals surface area contributed by atoms with Crippen molar-refractivity contribution in [1.29, 1.82) is 0 Å². The van der Waals surface area contributed by atoms with Crippen LogP contribution in [0.5, 0.6) is 0 Å². The van der Waals surface area contributed by atoms with Crippen LogP contribution < -0.4 is 5.56 Å². The van der Waals surface area contributed by atoms with Gasteiger partial charge < -0.3 is 5.11 Å². The summed E-state index contributed by atoms with van der Waals surface area (Å²) in [7, 11) is 0. The molecule has 0 fully saturated rings. The quantitative estimate of drug-likeness (QED) is 0.213. The highest BCUT2D eigenvalue weighted by atomic mass is 16.3. The summed E-state index contributed by atoms with van der Waals surface area (Å²) < 4.78 is 1.86. The number of hydrogen-bond donors (Lipinski definition) is 2. The summed E-state index contributed by atoms with van der Waals surface area (Å²) in [6.07, 6.45) is 4.94. The van der Waals surface area contributed by atoms with Crippen molar-refractivity contribution in [3.63, 3.8) is 0 Å². The van der Waals surface area contributed by atoms with Gasteiger partial charge in [0, 0.05) is 24.0 Å². The zero-order chi connectivity index (χ0) is 28.6. The first-order valence-electron chi connectivity index (χ1n) is 14.3. The van der Waals surface area contributed by atoms with Gasteiger partial charge in [0.1, 0.15) is 5.82 Å². The minimum atomic E-state index is -0.0240. The Hall–Kier alpha value is -4.43. The van der Waals surface area contributed by atoms with E-state index >= 15 is 0 Å². The molecule has 8 nitrogen and oxygen atoms in total. The second-order valence-electron chi connectivity index (χ2n) is 10.3. The Morgan fingerprint density at radius 3 is 2.34 bits per heavy atom. The fourth-order valence-corrected chi connectivity index (χ4v) is 5.23. The molecule has 41 heavy (non-hydrogen) atoms. The van der Waals surface area contributed by atoms with E-state index in [1.165, 1.54) is 0 Å². The van der Waals surface area contributed by atoms with E-state index in [0.717, 1.165) is 82.6 Å². The summed E-state index contributed by atoms with van der Waals surface area (Å²) in [5.74, 6) is 1.47. The van der Waals surface area contributed by atoms with Gasteiger partial charge in [-0.15, -0.1) is 5.10 Å². The standard InChI is InChI=1S/C33H36N6O2/c1-3-5-14-31-34-30(9-4-2)29(20-24-10-8-11-25(19-24)22-40)33(41)39(31)21-23-15-17-26(18-16-23)27-12-6-7-13-28(27)32-35-37-38-36-32/h6-8,10-13,15-19,40H,3-5,9,14,20-22H2,1-2H3,(H,35,36,37,38). The largest absolute Gasteiger partial charge is 0.392 e. The molecule has 0 atom stereocenters. The highest BCUT2D eigenvalue weighted by Crippen LogP contribution is 2.30. The average molecular weight is 549 g/mol. The summed E-state index contributed by atoms with van der Waals surface area (Å²) in [5, 5.41) is 24.0. The third-order valence-electron chi connectivity index (χ3n) is 7.36. The van der Waals surface area contributed by atoms with Crippen LogP contribution in [-0.4, -0.2) is 35.3 Å². The SMILES string of the molecule is CCCCc1nc(CCC)c(Cc2cccc(CO)c2)c(=O)n1Cc1ccc(-c2ccccc2-c2nnn[nH]2)cc1. The number of aromatic amines is 1. The van der Waals surface area contributed by atoms with E-state index in [1.54, 1.807) is 0 Å². The van der Waals surface area contributed by atoms with Crippen molar-refractivity contribution in [2.75, 3.05) is 0 Å². The number of benzene rings is 3. The van der Waals surface area contributed by atoms with Crippen molar-refractivity contribution in [2.24, 2.45) is 0 Å². The molecular weight excluding hydrogens is 512 g/mol. The van der Waals surface area contributed by atoms with Gasteiger partial charge in [0.25, 0.3) is 5.56 Å². The summed E-state index contributed by atoms with van der Waals surface area (Å²) in [5.41, 5.74) is 7.53. The minimum absolute atomic E-state index is 0.0240. The Morgan fingerprint density at radius 1 is 0.854 bits per heavy atom. The van der Waals surface area contributed by atoms with Crippen LogP contribution in [0.15, 0.2) is 77.6 Å². The number of aliphatic hydroxyl groups is 1. The van der Waals surface area contributed by atoms with Crippen LogP contribution in [0.3, 0.4) is 0 Å². The van der Waals surface area contributed by atoms with Gasteiger partial charge in [0.2, 0.25) is 0 Å². The van der Waals surface area contributed by atoms with E-state index in [0.29, 0.717) is 18.8 Å². The molecule has 0 amide bonds. The number of unbranched alkanes of at least 4 members (excludes halogenated alkanes) is 1. The molecular formula is C33H36N6O2. The van der Waals surface area contributed by atoms with E-state index in [2.05, 4.69) is 64.8 Å². The fraction of sp³-hybridized carbons (Fsp3) is 0.303. The number of nitrogens with zero attached hydrogens (tertiary/aromatic N) is 5. The number of H-pyrrole nitrogens is 1. The second-order valence-corrected chi connectivity index (χ2v) is 10.3. The monoisotopic (exact) mass is 548 g/mol. The van der Waals surface area contributed by atoms with Crippen LogP contribution in [-0.2, 0) is 32.4 Å². The van der Waals surface area contributed by atoms with Gasteiger partial charge in [-0.3, -0.25) is 9.36 Å². The minimum Gasteiger partial charge on any atom is -0.392 e. The molecule has 2 N–H and O–H groups in total. The summed E-state index contributed by atoms with van der Waals surface area (Å²) in [6.45, 7) is 4.70. The predicted molar refractivity (Wildman–Crippen MR) is 160 cm³/mol. The van der Waals surface area contributed by atoms with Gasteiger partial charge in [0.05, 0.1) is 18.8 Å². The smallest absolute Gasteiger partial charge is 0.257 e. The fourth-order valence-electron chi connectivity index (χ4n) is 5.23. The number of hydrogen-bond acceptors (Lipinski definition) is 6. The molecule has 210 valence electrons. The number of aliphatic hydroxyl groups excluding tert-OH is 1. The topological polar surface area (TPSA) is 110 Å². The number of tetrazole rings is 1. The molecule has 0 spiro atoms. The molecule has 3 aromatic carbocycles. The molecule has 0 saturated carbocycles. The van der Waals surface area contributed by atoms with E-state index in [-0.39, 0.29) is 12.2 Å². The molecule has 5 rings (SSSR count). The lowest BCUT2D eigenvalue weighted by atomic mass is 9.98. The maximum Gasteiger partial charge on any atom is 0.257 e. The van der Waals surface area contributed by atoms with Crippen molar-refractivity contribution < 1.29 is 5.11 Å². The van der Waals surface area contributed by atoms with Crippen LogP contribution in [0.25, 0.3) is 22.5 Å². The van der Waals surface area contributed by atoms with Gasteiger partial charge >= 0.3 is 0 Å². The molecule has 5 aromatic rings. The summed E-state index contributed by atoms with van der Waals surface area (Å²) >= 11 is 0. The molecule has 0 saturated heterocycles. The van der Waals surface area contributed by atoms with Crippen molar-refractivity contribution in [3.05, 3.63) is 117 Å². The Balaban J connectivity index is 1.51. The van der Waals surface area contributed by atoms with Crippen molar-refractivity contribution in [3.8, 4) is 22.5 Å². The Bertz CT molecular complexity index is 1640. The van der Waals surface area contributed by atoms with Gasteiger partial charge in [-0.2, -0.15) is 0 Å². The highest BCUT2D eigenvalue weighted by Gasteiger charge is 2.18. The molecule has 2 aromatic heterocycles. The molecule has 0 aliphatic rings. The average Bonchev–Trinajstić information content (AvgIpc) is 3.55. The van der Waals surface area contributed by atoms with Crippen LogP contribution in [0.1, 0.15) is 66.9 Å². The van der Waals surface area contributed by atoms with Crippen LogP contribution in [0.4, 0.5) is 0 Å². The van der Waals surface area contributed by atoms with Gasteiger partial charge in [0.15, 0.2) is 5.82 Å². The third-order valence-corrected chi connectivity index (χ3v) is 7.36. The Kier molecular flexibility index (Phi) is 9.11.